The third-order valence-electron chi connectivity index (χ3n) is 2.17. The first kappa shape index (κ1) is 14.6. The van der Waals surface area contributed by atoms with E-state index in [1.165, 1.54) is 0 Å². The fourth-order valence-corrected chi connectivity index (χ4v) is 1.63. The summed E-state index contributed by atoms with van der Waals surface area (Å²) in [4.78, 5) is 18.3. The van der Waals surface area contributed by atoms with Crippen molar-refractivity contribution in [2.75, 3.05) is 18.5 Å². The predicted octanol–water partition coefficient (Wildman–Crippen LogP) is 1.78. The lowest BCUT2D eigenvalue weighted by molar-refractivity contribution is -0.384. The first-order valence-corrected chi connectivity index (χ1v) is 6.03. The molecule has 0 spiro atoms. The molecule has 1 aromatic heterocycles. The van der Waals surface area contributed by atoms with Crippen LogP contribution in [0.25, 0.3) is 0 Å². The van der Waals surface area contributed by atoms with Crippen LogP contribution in [0.1, 0.15) is 25.6 Å². The molecule has 0 aliphatic carbocycles. The van der Waals surface area contributed by atoms with Crippen LogP contribution in [-0.4, -0.2) is 33.1 Å². The molecule has 0 atom stereocenters. The Kier molecular flexibility index (Phi) is 5.73. The summed E-state index contributed by atoms with van der Waals surface area (Å²) in [7, 11) is 0. The van der Waals surface area contributed by atoms with Crippen LogP contribution in [0.2, 0.25) is 5.15 Å². The molecule has 0 saturated carbocycles. The second-order valence-corrected chi connectivity index (χ2v) is 4.00. The number of hydrogen-bond acceptors (Lipinski definition) is 6. The molecular weight excluding hydrogens is 260 g/mol. The molecule has 0 unspecified atom stereocenters. The van der Waals surface area contributed by atoms with Gasteiger partial charge in [-0.25, -0.2) is 9.97 Å². The van der Waals surface area contributed by atoms with E-state index in [9.17, 15) is 10.1 Å². The highest BCUT2D eigenvalue weighted by atomic mass is 35.5. The summed E-state index contributed by atoms with van der Waals surface area (Å²) in [6, 6.07) is 0. The number of aromatic nitrogens is 2. The highest BCUT2D eigenvalue weighted by molar-refractivity contribution is 6.31. The Balaban J connectivity index is 3.03. The quantitative estimate of drug-likeness (QED) is 0.340. The summed E-state index contributed by atoms with van der Waals surface area (Å²) >= 11 is 5.80. The molecule has 18 heavy (non-hydrogen) atoms. The zero-order chi connectivity index (χ0) is 13.5. The summed E-state index contributed by atoms with van der Waals surface area (Å²) in [6.45, 7) is 2.34. The summed E-state index contributed by atoms with van der Waals surface area (Å²) in [5.74, 6) is 0.580. The lowest BCUT2D eigenvalue weighted by atomic mass is 10.3. The van der Waals surface area contributed by atoms with E-state index in [4.69, 9.17) is 16.7 Å². The second kappa shape index (κ2) is 7.07. The normalized spacial score (nSPS) is 10.4. The van der Waals surface area contributed by atoms with Crippen LogP contribution in [0.3, 0.4) is 0 Å². The van der Waals surface area contributed by atoms with Gasteiger partial charge in [-0.3, -0.25) is 10.1 Å². The maximum atomic E-state index is 10.9. The van der Waals surface area contributed by atoms with Gasteiger partial charge in [0.15, 0.2) is 0 Å². The molecule has 0 radical (unpaired) electrons. The third-order valence-corrected chi connectivity index (χ3v) is 2.43. The van der Waals surface area contributed by atoms with Gasteiger partial charge in [-0.1, -0.05) is 18.5 Å². The van der Waals surface area contributed by atoms with E-state index in [1.807, 2.05) is 6.92 Å². The predicted molar refractivity (Wildman–Crippen MR) is 67.9 cm³/mol. The fourth-order valence-electron chi connectivity index (χ4n) is 1.38. The molecule has 1 heterocycles. The number of rotatable bonds is 7. The Hall–Kier alpha value is -1.47. The van der Waals surface area contributed by atoms with E-state index >= 15 is 0 Å². The van der Waals surface area contributed by atoms with Crippen molar-refractivity contribution < 1.29 is 10.0 Å². The minimum Gasteiger partial charge on any atom is -0.396 e. The molecule has 100 valence electrons. The summed E-state index contributed by atoms with van der Waals surface area (Å²) < 4.78 is 0. The van der Waals surface area contributed by atoms with Crippen LogP contribution >= 0.6 is 11.6 Å². The van der Waals surface area contributed by atoms with Crippen LogP contribution in [0.4, 0.5) is 11.5 Å². The van der Waals surface area contributed by atoms with Crippen molar-refractivity contribution >= 4 is 23.1 Å². The molecule has 0 aromatic carbocycles. The molecule has 8 heteroatoms. The van der Waals surface area contributed by atoms with Gasteiger partial charge in [0.25, 0.3) is 0 Å². The van der Waals surface area contributed by atoms with Gasteiger partial charge in [-0.2, -0.15) is 0 Å². The number of nitro groups is 1. The van der Waals surface area contributed by atoms with Crippen molar-refractivity contribution in [1.82, 2.24) is 9.97 Å². The summed E-state index contributed by atoms with van der Waals surface area (Å²) in [5.41, 5.74) is -0.325. The molecule has 2 N–H and O–H groups in total. The monoisotopic (exact) mass is 274 g/mol. The summed E-state index contributed by atoms with van der Waals surface area (Å²) in [6.07, 6.45) is 1.90. The standard InChI is InChI=1S/C10H15ClN4O3/c1-2-4-7-13-9(11)8(15(17)18)10(14-7)12-5-3-6-16/h16H,2-6H2,1H3,(H,12,13,14). The Morgan fingerprint density at radius 3 is 2.78 bits per heavy atom. The third kappa shape index (κ3) is 3.78. The maximum absolute atomic E-state index is 10.9. The smallest absolute Gasteiger partial charge is 0.348 e. The first-order valence-electron chi connectivity index (χ1n) is 5.65. The van der Waals surface area contributed by atoms with Crippen molar-refractivity contribution in [2.45, 2.75) is 26.2 Å². The fraction of sp³-hybridized carbons (Fsp3) is 0.600. The highest BCUT2D eigenvalue weighted by Crippen LogP contribution is 2.29. The number of aliphatic hydroxyl groups is 1. The molecule has 0 bridgehead atoms. The zero-order valence-corrected chi connectivity index (χ0v) is 10.8. The van der Waals surface area contributed by atoms with E-state index in [0.717, 1.165) is 6.42 Å². The molecule has 7 nitrogen and oxygen atoms in total. The molecule has 0 amide bonds. The average molecular weight is 275 g/mol. The molecule has 0 fully saturated rings. The van der Waals surface area contributed by atoms with E-state index in [-0.39, 0.29) is 23.3 Å². The topological polar surface area (TPSA) is 101 Å². The Labute approximate surface area is 109 Å². The SMILES string of the molecule is CCCc1nc(Cl)c([N+](=O)[O-])c(NCCCO)n1. The summed E-state index contributed by atoms with van der Waals surface area (Å²) in [5, 5.41) is 22.2. The van der Waals surface area contributed by atoms with Gasteiger partial charge in [-0.15, -0.1) is 0 Å². The minimum absolute atomic E-state index is 0.00142. The van der Waals surface area contributed by atoms with Crippen LogP contribution in [-0.2, 0) is 6.42 Å². The number of aliphatic hydroxyl groups excluding tert-OH is 1. The van der Waals surface area contributed by atoms with Gasteiger partial charge in [0, 0.05) is 19.6 Å². The van der Waals surface area contributed by atoms with Crippen LogP contribution in [0.15, 0.2) is 0 Å². The van der Waals surface area contributed by atoms with E-state index in [2.05, 4.69) is 15.3 Å². The van der Waals surface area contributed by atoms with Gasteiger partial charge in [-0.05, 0) is 12.8 Å². The number of nitrogens with zero attached hydrogens (tertiary/aromatic N) is 3. The number of halogens is 1. The van der Waals surface area contributed by atoms with Gasteiger partial charge >= 0.3 is 5.69 Å². The molecular formula is C10H15ClN4O3. The molecule has 0 aliphatic rings. The lowest BCUT2D eigenvalue weighted by Crippen LogP contribution is -2.10. The first-order chi connectivity index (χ1) is 8.60. The molecule has 0 saturated heterocycles. The molecule has 1 rings (SSSR count). The zero-order valence-electron chi connectivity index (χ0n) is 10.0. The van der Waals surface area contributed by atoms with Gasteiger partial charge in [0.1, 0.15) is 5.82 Å². The lowest BCUT2D eigenvalue weighted by Gasteiger charge is -2.07. The van der Waals surface area contributed by atoms with E-state index < -0.39 is 4.92 Å². The van der Waals surface area contributed by atoms with Gasteiger partial charge in [0.05, 0.1) is 4.92 Å². The van der Waals surface area contributed by atoms with Crippen LogP contribution in [0, 0.1) is 10.1 Å². The van der Waals surface area contributed by atoms with Crippen molar-refractivity contribution in [3.05, 3.63) is 21.1 Å². The Bertz CT molecular complexity index is 428. The average Bonchev–Trinajstić information content (AvgIpc) is 2.28. The Morgan fingerprint density at radius 2 is 2.22 bits per heavy atom. The number of aryl methyl sites for hydroxylation is 1. The highest BCUT2D eigenvalue weighted by Gasteiger charge is 2.23. The van der Waals surface area contributed by atoms with Crippen molar-refractivity contribution in [2.24, 2.45) is 0 Å². The van der Waals surface area contributed by atoms with E-state index in [0.29, 0.717) is 25.2 Å². The van der Waals surface area contributed by atoms with Gasteiger partial charge < -0.3 is 10.4 Å². The second-order valence-electron chi connectivity index (χ2n) is 3.64. The Morgan fingerprint density at radius 1 is 1.50 bits per heavy atom. The van der Waals surface area contributed by atoms with Gasteiger partial charge in [0.2, 0.25) is 11.0 Å². The number of nitrogens with one attached hydrogen (secondary N) is 1. The minimum atomic E-state index is -0.612. The number of hydrogen-bond donors (Lipinski definition) is 2. The number of anilines is 1. The van der Waals surface area contributed by atoms with Crippen LogP contribution in [0.5, 0.6) is 0 Å². The van der Waals surface area contributed by atoms with Crippen molar-refractivity contribution in [1.29, 1.82) is 0 Å². The largest absolute Gasteiger partial charge is 0.396 e. The van der Waals surface area contributed by atoms with E-state index in [1.54, 1.807) is 0 Å². The molecule has 0 aliphatic heterocycles. The van der Waals surface area contributed by atoms with Crippen molar-refractivity contribution in [3.8, 4) is 0 Å². The van der Waals surface area contributed by atoms with Crippen LogP contribution < -0.4 is 5.32 Å². The molecule has 1 aromatic rings. The van der Waals surface area contributed by atoms with Crippen molar-refractivity contribution in [3.63, 3.8) is 0 Å². The maximum Gasteiger partial charge on any atom is 0.348 e.